The Hall–Kier alpha value is -7.11. The molecule has 0 amide bonds. The van der Waals surface area contributed by atoms with Crippen molar-refractivity contribution in [3.63, 3.8) is 0 Å². The van der Waals surface area contributed by atoms with Crippen molar-refractivity contribution in [2.24, 2.45) is 0 Å². The molecule has 0 radical (unpaired) electrons. The van der Waals surface area contributed by atoms with Gasteiger partial charge in [-0.1, -0.05) is 170 Å². The van der Waals surface area contributed by atoms with Crippen LogP contribution in [0.1, 0.15) is 0 Å². The molecule has 2 aromatic heterocycles. The van der Waals surface area contributed by atoms with Crippen LogP contribution in [0.3, 0.4) is 0 Å². The van der Waals surface area contributed by atoms with Crippen molar-refractivity contribution in [1.29, 1.82) is 0 Å². The number of rotatable bonds is 8. The second-order valence-corrected chi connectivity index (χ2v) is 16.8. The van der Waals surface area contributed by atoms with Crippen molar-refractivity contribution >= 4 is 70.1 Å². The average molecular weight is 789 g/mol. The minimum atomic E-state index is 1.03. The summed E-state index contributed by atoms with van der Waals surface area (Å²) in [5, 5.41) is 3.56. The molecule has 4 heteroatoms. The lowest BCUT2D eigenvalue weighted by Crippen LogP contribution is -2.10. The van der Waals surface area contributed by atoms with Crippen molar-refractivity contribution in [3.8, 4) is 55.1 Å². The first-order chi connectivity index (χ1) is 29.2. The lowest BCUT2D eigenvalue weighted by atomic mass is 9.90. The van der Waals surface area contributed by atoms with Gasteiger partial charge in [-0.25, -0.2) is 4.98 Å². The molecule has 0 saturated heterocycles. The van der Waals surface area contributed by atoms with Gasteiger partial charge in [0.25, 0.3) is 0 Å². The molecule has 0 bridgehead atoms. The van der Waals surface area contributed by atoms with Crippen LogP contribution in [0.2, 0.25) is 0 Å². The third-order valence-electron chi connectivity index (χ3n) is 11.1. The van der Waals surface area contributed by atoms with Gasteiger partial charge in [-0.05, 0) is 87.5 Å². The molecule has 0 N–H and O–H groups in total. The number of hydrogen-bond donors (Lipinski definition) is 0. The summed E-state index contributed by atoms with van der Waals surface area (Å²) in [7, 11) is 0. The van der Waals surface area contributed by atoms with E-state index in [2.05, 4.69) is 223 Å². The van der Waals surface area contributed by atoms with Gasteiger partial charge in [-0.3, -0.25) is 0 Å². The second-order valence-electron chi connectivity index (χ2n) is 14.7. The van der Waals surface area contributed by atoms with E-state index in [0.29, 0.717) is 0 Å². The summed E-state index contributed by atoms with van der Waals surface area (Å²) in [5.74, 6) is 0. The lowest BCUT2D eigenvalue weighted by Gasteiger charge is -2.27. The zero-order chi connectivity index (χ0) is 39.1. The van der Waals surface area contributed by atoms with Crippen LogP contribution in [0.15, 0.2) is 218 Å². The van der Waals surface area contributed by atoms with Crippen LogP contribution in [0.5, 0.6) is 0 Å². The summed E-state index contributed by atoms with van der Waals surface area (Å²) in [6.45, 7) is 0. The van der Waals surface area contributed by atoms with Crippen LogP contribution in [0.4, 0.5) is 17.1 Å². The third kappa shape index (κ3) is 6.49. The largest absolute Gasteiger partial charge is 0.310 e. The fourth-order valence-electron chi connectivity index (χ4n) is 8.32. The Morgan fingerprint density at radius 3 is 1.61 bits per heavy atom. The molecule has 2 nitrogen and oxygen atoms in total. The second kappa shape index (κ2) is 15.0. The number of anilines is 3. The molecule has 278 valence electrons. The van der Waals surface area contributed by atoms with Gasteiger partial charge in [0.15, 0.2) is 0 Å². The molecule has 0 unspecified atom stereocenters. The molecule has 0 fully saturated rings. The van der Waals surface area contributed by atoms with E-state index in [9.17, 15) is 0 Å². The number of thiophene rings is 1. The SMILES string of the molecule is c1ccc(-c2ccc(N(c3cccc(-c4ccccc4)c3)c3ccc(-c4c5nc(-c6ccccc6)sc5cc5sc6ccccc6c45)c(-c4ccccc4)c3)cc2)cc1. The Morgan fingerprint density at radius 1 is 0.339 bits per heavy atom. The molecular formula is C55H36N2S2. The van der Waals surface area contributed by atoms with Crippen molar-refractivity contribution in [3.05, 3.63) is 218 Å². The Balaban J connectivity index is 1.16. The van der Waals surface area contributed by atoms with Crippen molar-refractivity contribution < 1.29 is 0 Å². The Morgan fingerprint density at radius 2 is 0.898 bits per heavy atom. The highest BCUT2D eigenvalue weighted by Crippen LogP contribution is 2.50. The molecule has 2 heterocycles. The van der Waals surface area contributed by atoms with E-state index in [1.807, 2.05) is 11.3 Å². The van der Waals surface area contributed by atoms with Gasteiger partial charge in [0.05, 0.1) is 10.2 Å². The summed E-state index contributed by atoms with van der Waals surface area (Å²) in [6.07, 6.45) is 0. The van der Waals surface area contributed by atoms with Gasteiger partial charge in [0.1, 0.15) is 5.01 Å². The molecule has 11 aromatic rings. The van der Waals surface area contributed by atoms with Crippen molar-refractivity contribution in [1.82, 2.24) is 4.98 Å². The number of aromatic nitrogens is 1. The molecular weight excluding hydrogens is 753 g/mol. The zero-order valence-electron chi connectivity index (χ0n) is 32.0. The van der Waals surface area contributed by atoms with Crippen molar-refractivity contribution in [2.45, 2.75) is 0 Å². The first kappa shape index (κ1) is 35.1. The van der Waals surface area contributed by atoms with Gasteiger partial charge in [0.2, 0.25) is 0 Å². The fraction of sp³-hybridized carbons (Fsp3) is 0. The summed E-state index contributed by atoms with van der Waals surface area (Å²) in [4.78, 5) is 7.86. The predicted octanol–water partition coefficient (Wildman–Crippen LogP) is 16.5. The van der Waals surface area contributed by atoms with Crippen LogP contribution in [-0.4, -0.2) is 4.98 Å². The predicted molar refractivity (Wildman–Crippen MR) is 254 cm³/mol. The van der Waals surface area contributed by atoms with E-state index in [0.717, 1.165) is 44.3 Å². The number of hydrogen-bond acceptors (Lipinski definition) is 4. The van der Waals surface area contributed by atoms with Gasteiger partial charge in [-0.15, -0.1) is 22.7 Å². The van der Waals surface area contributed by atoms with Gasteiger partial charge >= 0.3 is 0 Å². The number of thiazole rings is 1. The molecule has 0 atom stereocenters. The fourth-order valence-corrected chi connectivity index (χ4v) is 10.6. The van der Waals surface area contributed by atoms with Crippen LogP contribution in [-0.2, 0) is 0 Å². The normalized spacial score (nSPS) is 11.4. The van der Waals surface area contributed by atoms with E-state index in [4.69, 9.17) is 4.98 Å². The van der Waals surface area contributed by atoms with Crippen LogP contribution in [0.25, 0.3) is 85.5 Å². The molecule has 9 aromatic carbocycles. The first-order valence-electron chi connectivity index (χ1n) is 19.9. The van der Waals surface area contributed by atoms with Crippen LogP contribution in [0, 0.1) is 0 Å². The zero-order valence-corrected chi connectivity index (χ0v) is 33.6. The summed E-state index contributed by atoms with van der Waals surface area (Å²) >= 11 is 3.64. The molecule has 0 aliphatic heterocycles. The molecule has 11 rings (SSSR count). The monoisotopic (exact) mass is 788 g/mol. The standard InChI is InChI=1S/C55H36N2S2/c1-5-16-37(17-6-1)39-28-30-43(31-29-39)57(44-25-15-24-42(34-44)38-18-7-2-8-19-38)45-32-33-46(48(35-45)40-20-9-3-10-21-40)53-52-47-26-13-14-27-49(47)58-50(52)36-51-54(53)56-55(59-51)41-22-11-4-12-23-41/h1-36H. The number of benzene rings is 9. The molecule has 0 aliphatic carbocycles. The highest BCUT2D eigenvalue weighted by atomic mass is 32.1. The Bertz CT molecular complexity index is 3240. The lowest BCUT2D eigenvalue weighted by molar-refractivity contribution is 1.28. The first-order valence-corrected chi connectivity index (χ1v) is 21.5. The maximum atomic E-state index is 5.47. The van der Waals surface area contributed by atoms with E-state index < -0.39 is 0 Å². The quantitative estimate of drug-likeness (QED) is 0.152. The highest BCUT2D eigenvalue weighted by molar-refractivity contribution is 7.27. The summed E-state index contributed by atoms with van der Waals surface area (Å²) < 4.78 is 3.75. The van der Waals surface area contributed by atoms with Crippen LogP contribution < -0.4 is 4.90 Å². The number of fused-ring (bicyclic) bond motifs is 4. The van der Waals surface area contributed by atoms with Crippen LogP contribution >= 0.6 is 22.7 Å². The smallest absolute Gasteiger partial charge is 0.124 e. The van der Waals surface area contributed by atoms with E-state index in [1.165, 1.54) is 58.3 Å². The number of nitrogens with zero attached hydrogens (tertiary/aromatic N) is 2. The Kier molecular flexibility index (Phi) is 8.92. The molecule has 0 aliphatic rings. The minimum Gasteiger partial charge on any atom is -0.310 e. The third-order valence-corrected chi connectivity index (χ3v) is 13.3. The summed E-state index contributed by atoms with van der Waals surface area (Å²) in [6, 6.07) is 78.7. The summed E-state index contributed by atoms with van der Waals surface area (Å²) in [5.41, 5.74) is 14.8. The van der Waals surface area contributed by atoms with Gasteiger partial charge < -0.3 is 4.90 Å². The minimum absolute atomic E-state index is 1.03. The molecule has 59 heavy (non-hydrogen) atoms. The topological polar surface area (TPSA) is 16.1 Å². The maximum absolute atomic E-state index is 5.47. The van der Waals surface area contributed by atoms with E-state index in [-0.39, 0.29) is 0 Å². The Labute approximate surface area is 351 Å². The van der Waals surface area contributed by atoms with Gasteiger partial charge in [0, 0.05) is 48.4 Å². The van der Waals surface area contributed by atoms with E-state index in [1.54, 1.807) is 11.3 Å². The maximum Gasteiger partial charge on any atom is 0.124 e. The molecule has 0 saturated carbocycles. The van der Waals surface area contributed by atoms with Gasteiger partial charge in [-0.2, -0.15) is 0 Å². The molecule has 0 spiro atoms. The average Bonchev–Trinajstić information content (AvgIpc) is 3.91. The highest BCUT2D eigenvalue weighted by Gasteiger charge is 2.23. The van der Waals surface area contributed by atoms with Crippen molar-refractivity contribution in [2.75, 3.05) is 4.90 Å². The van der Waals surface area contributed by atoms with E-state index >= 15 is 0 Å².